The molecule has 0 fully saturated rings. The molecule has 2 aliphatic rings. The Balaban J connectivity index is 1.46. The van der Waals surface area contributed by atoms with Crippen LogP contribution in [0.25, 0.3) is 5.70 Å². The Bertz CT molecular complexity index is 1700. The maximum atomic E-state index is 13.8. The Morgan fingerprint density at radius 3 is 2.12 bits per heavy atom. The molecule has 1 amide bonds. The second-order valence-corrected chi connectivity index (χ2v) is 10.7. The van der Waals surface area contributed by atoms with Crippen LogP contribution in [-0.2, 0) is 14.3 Å². The second kappa shape index (κ2) is 12.3. The molecule has 0 spiro atoms. The standard InChI is InChI=1S/C34H28N4O3S/c1-2-41-33(40)27-28(22-14-6-3-7-15-22)37-34(38-29(27)23-16-8-4-9-17-23)42-31-30(24-18-10-5-11-19-24)35-25-20-12-13-21-26(25)36-32(31)39/h3-21,28,31H,2H2,1H3,(H,36,39)(H,37,38). The number of amides is 1. The van der Waals surface area contributed by atoms with Crippen LogP contribution in [0.15, 0.2) is 131 Å². The Morgan fingerprint density at radius 1 is 0.810 bits per heavy atom. The largest absolute Gasteiger partial charge is 0.463 e. The van der Waals surface area contributed by atoms with Crippen molar-refractivity contribution in [2.24, 2.45) is 9.98 Å². The van der Waals surface area contributed by atoms with Gasteiger partial charge in [0.15, 0.2) is 5.17 Å². The van der Waals surface area contributed by atoms with Crippen molar-refractivity contribution in [3.63, 3.8) is 0 Å². The molecule has 4 aromatic carbocycles. The van der Waals surface area contributed by atoms with Gasteiger partial charge in [-0.25, -0.2) is 14.8 Å². The number of ether oxygens (including phenoxy) is 1. The number of aliphatic imine (C=N–C) groups is 2. The molecule has 208 valence electrons. The van der Waals surface area contributed by atoms with Crippen molar-refractivity contribution in [2.45, 2.75) is 18.2 Å². The van der Waals surface area contributed by atoms with Crippen LogP contribution in [0.4, 0.5) is 11.4 Å². The molecule has 0 aromatic heterocycles. The Kier molecular flexibility index (Phi) is 7.96. The number of thioether (sulfide) groups is 1. The van der Waals surface area contributed by atoms with Crippen molar-refractivity contribution in [3.8, 4) is 0 Å². The molecular weight excluding hydrogens is 544 g/mol. The van der Waals surface area contributed by atoms with Crippen LogP contribution in [0.3, 0.4) is 0 Å². The molecular formula is C34H28N4O3S. The highest BCUT2D eigenvalue weighted by molar-refractivity contribution is 8.15. The molecule has 8 heteroatoms. The topological polar surface area (TPSA) is 92.1 Å². The van der Waals surface area contributed by atoms with Crippen LogP contribution < -0.4 is 10.6 Å². The van der Waals surface area contributed by atoms with Crippen molar-refractivity contribution in [3.05, 3.63) is 138 Å². The summed E-state index contributed by atoms with van der Waals surface area (Å²) in [6.07, 6.45) is 0. The lowest BCUT2D eigenvalue weighted by Gasteiger charge is -2.29. The fourth-order valence-electron chi connectivity index (χ4n) is 4.95. The first-order valence-electron chi connectivity index (χ1n) is 13.7. The molecule has 2 aliphatic heterocycles. The van der Waals surface area contributed by atoms with E-state index in [-0.39, 0.29) is 12.5 Å². The van der Waals surface area contributed by atoms with E-state index in [9.17, 15) is 9.59 Å². The third-order valence-electron chi connectivity index (χ3n) is 6.88. The third kappa shape index (κ3) is 5.62. The monoisotopic (exact) mass is 572 g/mol. The Morgan fingerprint density at radius 2 is 1.43 bits per heavy atom. The lowest BCUT2D eigenvalue weighted by atomic mass is 9.94. The predicted octanol–water partition coefficient (Wildman–Crippen LogP) is 6.54. The first-order chi connectivity index (χ1) is 20.6. The van der Waals surface area contributed by atoms with Gasteiger partial charge in [-0.05, 0) is 35.7 Å². The fourth-order valence-corrected chi connectivity index (χ4v) is 5.97. The summed E-state index contributed by atoms with van der Waals surface area (Å²) in [5.41, 5.74) is 5.43. The van der Waals surface area contributed by atoms with Gasteiger partial charge in [-0.2, -0.15) is 0 Å². The number of rotatable bonds is 6. The minimum absolute atomic E-state index is 0.213. The molecule has 0 bridgehead atoms. The van der Waals surface area contributed by atoms with E-state index in [1.54, 1.807) is 6.92 Å². The number of para-hydroxylation sites is 2. The summed E-state index contributed by atoms with van der Waals surface area (Å²) in [7, 11) is 0. The first-order valence-corrected chi connectivity index (χ1v) is 14.6. The summed E-state index contributed by atoms with van der Waals surface area (Å²) in [6, 6.07) is 35.8. The van der Waals surface area contributed by atoms with Gasteiger partial charge < -0.3 is 15.4 Å². The van der Waals surface area contributed by atoms with Crippen molar-refractivity contribution in [1.29, 1.82) is 0 Å². The predicted molar refractivity (Wildman–Crippen MR) is 169 cm³/mol. The summed E-state index contributed by atoms with van der Waals surface area (Å²) in [6.45, 7) is 2.02. The highest BCUT2D eigenvalue weighted by Gasteiger charge is 2.36. The van der Waals surface area contributed by atoms with Gasteiger partial charge in [-0.3, -0.25) is 4.79 Å². The van der Waals surface area contributed by atoms with Crippen molar-refractivity contribution in [1.82, 2.24) is 5.32 Å². The number of esters is 1. The molecule has 0 saturated carbocycles. The van der Waals surface area contributed by atoms with Gasteiger partial charge in [-0.15, -0.1) is 0 Å². The summed E-state index contributed by atoms with van der Waals surface area (Å²) < 4.78 is 5.52. The van der Waals surface area contributed by atoms with E-state index in [1.807, 2.05) is 115 Å². The van der Waals surface area contributed by atoms with Crippen LogP contribution in [0.5, 0.6) is 0 Å². The average molecular weight is 573 g/mol. The van der Waals surface area contributed by atoms with Gasteiger partial charge >= 0.3 is 5.97 Å². The van der Waals surface area contributed by atoms with E-state index in [2.05, 4.69) is 10.6 Å². The minimum atomic E-state index is -0.733. The molecule has 2 atom stereocenters. The van der Waals surface area contributed by atoms with Crippen LogP contribution in [-0.4, -0.2) is 34.6 Å². The molecule has 7 nitrogen and oxygen atoms in total. The molecule has 2 N–H and O–H groups in total. The molecule has 0 aliphatic carbocycles. The summed E-state index contributed by atoms with van der Waals surface area (Å²) in [4.78, 5) is 37.3. The third-order valence-corrected chi connectivity index (χ3v) is 7.99. The van der Waals surface area contributed by atoms with Crippen LogP contribution >= 0.6 is 11.8 Å². The van der Waals surface area contributed by atoms with Crippen LogP contribution in [0.2, 0.25) is 0 Å². The van der Waals surface area contributed by atoms with Gasteiger partial charge in [-0.1, -0.05) is 115 Å². The fraction of sp³-hybridized carbons (Fsp3) is 0.118. The smallest absolute Gasteiger partial charge is 0.338 e. The molecule has 4 aromatic rings. The molecule has 0 radical (unpaired) electrons. The maximum Gasteiger partial charge on any atom is 0.338 e. The SMILES string of the molecule is CCOC(=O)C1=C(c2ccccc2)NC(SC2C(=O)Nc3ccccc3N=C2c2ccccc2)=NC1c1ccccc1. The van der Waals surface area contributed by atoms with Gasteiger partial charge in [0.1, 0.15) is 11.3 Å². The quantitative estimate of drug-likeness (QED) is 0.256. The molecule has 6 rings (SSSR count). The number of amidine groups is 1. The Labute approximate surface area is 248 Å². The molecule has 2 heterocycles. The van der Waals surface area contributed by atoms with E-state index in [0.717, 1.165) is 16.7 Å². The Hall–Kier alpha value is -4.95. The minimum Gasteiger partial charge on any atom is -0.463 e. The van der Waals surface area contributed by atoms with Crippen molar-refractivity contribution < 1.29 is 14.3 Å². The van der Waals surface area contributed by atoms with E-state index < -0.39 is 17.3 Å². The van der Waals surface area contributed by atoms with Gasteiger partial charge in [0, 0.05) is 0 Å². The molecule has 0 saturated heterocycles. The second-order valence-electron chi connectivity index (χ2n) is 9.62. The number of fused-ring (bicyclic) bond motifs is 1. The number of benzene rings is 4. The summed E-state index contributed by atoms with van der Waals surface area (Å²) in [5.74, 6) is -0.658. The average Bonchev–Trinajstić information content (AvgIpc) is 3.18. The van der Waals surface area contributed by atoms with Crippen molar-refractivity contribution >= 4 is 51.6 Å². The number of nitrogens with zero attached hydrogens (tertiary/aromatic N) is 2. The van der Waals surface area contributed by atoms with E-state index in [1.165, 1.54) is 11.8 Å². The zero-order valence-electron chi connectivity index (χ0n) is 22.9. The van der Waals surface area contributed by atoms with E-state index in [0.29, 0.717) is 33.5 Å². The normalized spacial score (nSPS) is 18.1. The first kappa shape index (κ1) is 27.2. The number of hydrogen-bond donors (Lipinski definition) is 2. The molecule has 2 unspecified atom stereocenters. The zero-order valence-corrected chi connectivity index (χ0v) is 23.7. The van der Waals surface area contributed by atoms with E-state index in [4.69, 9.17) is 14.7 Å². The number of anilines is 1. The molecule has 42 heavy (non-hydrogen) atoms. The zero-order chi connectivity index (χ0) is 28.9. The summed E-state index contributed by atoms with van der Waals surface area (Å²) in [5, 5.41) is 6.20. The maximum absolute atomic E-state index is 13.8. The lowest BCUT2D eigenvalue weighted by molar-refractivity contribution is -0.138. The van der Waals surface area contributed by atoms with Gasteiger partial charge in [0.25, 0.3) is 0 Å². The van der Waals surface area contributed by atoms with Gasteiger partial charge in [0.2, 0.25) is 5.91 Å². The summed E-state index contributed by atoms with van der Waals surface area (Å²) >= 11 is 1.27. The van der Waals surface area contributed by atoms with E-state index >= 15 is 0 Å². The highest BCUT2D eigenvalue weighted by Crippen LogP contribution is 2.38. The number of carbonyl (C=O) groups excluding carboxylic acids is 2. The van der Waals surface area contributed by atoms with Crippen LogP contribution in [0, 0.1) is 0 Å². The lowest BCUT2D eigenvalue weighted by Crippen LogP contribution is -2.37. The van der Waals surface area contributed by atoms with Gasteiger partial charge in [0.05, 0.1) is 35.0 Å². The number of nitrogens with one attached hydrogen (secondary N) is 2. The van der Waals surface area contributed by atoms with Crippen molar-refractivity contribution in [2.75, 3.05) is 11.9 Å². The van der Waals surface area contributed by atoms with Crippen LogP contribution in [0.1, 0.15) is 29.7 Å². The highest BCUT2D eigenvalue weighted by atomic mass is 32.2. The number of carbonyl (C=O) groups is 2. The number of hydrogen-bond acceptors (Lipinski definition) is 7.